The second kappa shape index (κ2) is 10.1. The maximum atomic E-state index is 13.7. The van der Waals surface area contributed by atoms with E-state index < -0.39 is 5.82 Å². The van der Waals surface area contributed by atoms with Crippen LogP contribution in [-0.4, -0.2) is 18.1 Å². The largest absolute Gasteiger partial charge is 0.346 e. The second-order valence-electron chi connectivity index (χ2n) is 6.87. The highest BCUT2D eigenvalue weighted by Gasteiger charge is 2.13. The van der Waals surface area contributed by atoms with Gasteiger partial charge < -0.3 is 10.6 Å². The molecule has 0 saturated carbocycles. The Labute approximate surface area is 179 Å². The van der Waals surface area contributed by atoms with Gasteiger partial charge in [-0.3, -0.25) is 9.59 Å². The van der Waals surface area contributed by atoms with Gasteiger partial charge in [0.25, 0.3) is 5.91 Å². The van der Waals surface area contributed by atoms with E-state index in [0.29, 0.717) is 16.8 Å². The van der Waals surface area contributed by atoms with Gasteiger partial charge in [0, 0.05) is 16.1 Å². The quantitative estimate of drug-likeness (QED) is 0.513. The third kappa shape index (κ3) is 5.70. The summed E-state index contributed by atoms with van der Waals surface area (Å²) in [6.07, 6.45) is 1.94. The van der Waals surface area contributed by atoms with Crippen molar-refractivity contribution < 1.29 is 14.0 Å². The van der Waals surface area contributed by atoms with Gasteiger partial charge in [0.1, 0.15) is 5.82 Å². The first kappa shape index (κ1) is 21.6. The van der Waals surface area contributed by atoms with Crippen molar-refractivity contribution in [3.05, 3.63) is 95.3 Å². The molecule has 0 aliphatic heterocycles. The Balaban J connectivity index is 1.63. The molecule has 1 unspecified atom stereocenters. The minimum Gasteiger partial charge on any atom is -0.346 e. The summed E-state index contributed by atoms with van der Waals surface area (Å²) in [5, 5.41) is 5.76. The van der Waals surface area contributed by atoms with E-state index in [1.54, 1.807) is 54.2 Å². The number of benzene rings is 3. The highest BCUT2D eigenvalue weighted by molar-refractivity contribution is 7.98. The molecular weight excluding hydrogens is 399 g/mol. The molecule has 0 radical (unpaired) electrons. The van der Waals surface area contributed by atoms with E-state index in [-0.39, 0.29) is 24.3 Å². The van der Waals surface area contributed by atoms with Crippen LogP contribution in [-0.2, 0) is 11.2 Å². The van der Waals surface area contributed by atoms with Crippen molar-refractivity contribution in [3.63, 3.8) is 0 Å². The molecule has 30 heavy (non-hydrogen) atoms. The summed E-state index contributed by atoms with van der Waals surface area (Å²) < 4.78 is 13.7. The molecule has 4 nitrogen and oxygen atoms in total. The Bertz CT molecular complexity index is 1040. The van der Waals surface area contributed by atoms with Gasteiger partial charge in [-0.15, -0.1) is 11.8 Å². The van der Waals surface area contributed by atoms with Crippen molar-refractivity contribution >= 4 is 29.3 Å². The fourth-order valence-corrected chi connectivity index (χ4v) is 3.42. The second-order valence-corrected chi connectivity index (χ2v) is 7.75. The summed E-state index contributed by atoms with van der Waals surface area (Å²) in [6.45, 7) is 1.88. The zero-order valence-corrected chi connectivity index (χ0v) is 17.6. The lowest BCUT2D eigenvalue weighted by molar-refractivity contribution is -0.115. The monoisotopic (exact) mass is 422 g/mol. The van der Waals surface area contributed by atoms with Crippen LogP contribution in [0.3, 0.4) is 0 Å². The average Bonchev–Trinajstić information content (AvgIpc) is 2.75. The van der Waals surface area contributed by atoms with E-state index in [2.05, 4.69) is 10.6 Å². The first-order valence-corrected chi connectivity index (χ1v) is 10.8. The average molecular weight is 423 g/mol. The van der Waals surface area contributed by atoms with Crippen LogP contribution in [0, 0.1) is 5.82 Å². The number of amides is 2. The number of carbonyl (C=O) groups excluding carboxylic acids is 2. The van der Waals surface area contributed by atoms with Gasteiger partial charge in [-0.2, -0.15) is 0 Å². The molecule has 6 heteroatoms. The molecule has 0 saturated heterocycles. The molecule has 0 heterocycles. The van der Waals surface area contributed by atoms with Crippen LogP contribution in [0.1, 0.15) is 34.5 Å². The zero-order valence-electron chi connectivity index (χ0n) is 16.8. The van der Waals surface area contributed by atoms with Crippen molar-refractivity contribution in [2.75, 3.05) is 11.6 Å². The predicted octanol–water partition coefficient (Wildman–Crippen LogP) is 5.22. The third-order valence-corrected chi connectivity index (χ3v) is 5.42. The lowest BCUT2D eigenvalue weighted by Crippen LogP contribution is -2.26. The van der Waals surface area contributed by atoms with Crippen molar-refractivity contribution in [2.45, 2.75) is 24.3 Å². The van der Waals surface area contributed by atoms with Crippen LogP contribution < -0.4 is 10.6 Å². The normalized spacial score (nSPS) is 11.6. The van der Waals surface area contributed by atoms with Gasteiger partial charge in [-0.1, -0.05) is 30.3 Å². The van der Waals surface area contributed by atoms with Crippen LogP contribution in [0.2, 0.25) is 0 Å². The van der Waals surface area contributed by atoms with Crippen LogP contribution >= 0.6 is 11.8 Å². The number of anilines is 1. The molecule has 2 N–H and O–H groups in total. The van der Waals surface area contributed by atoms with Crippen molar-refractivity contribution in [2.24, 2.45) is 0 Å². The number of nitrogens with one attached hydrogen (secondary N) is 2. The molecule has 0 fully saturated rings. The van der Waals surface area contributed by atoms with Gasteiger partial charge in [-0.25, -0.2) is 4.39 Å². The first-order chi connectivity index (χ1) is 14.5. The minimum absolute atomic E-state index is 0.0464. The maximum Gasteiger partial charge on any atom is 0.251 e. The van der Waals surface area contributed by atoms with Gasteiger partial charge in [0.05, 0.1) is 12.5 Å². The van der Waals surface area contributed by atoms with Crippen LogP contribution in [0.4, 0.5) is 10.1 Å². The fourth-order valence-electron chi connectivity index (χ4n) is 3.01. The van der Waals surface area contributed by atoms with Crippen LogP contribution in [0.25, 0.3) is 0 Å². The number of thioether (sulfide) groups is 1. The molecule has 3 rings (SSSR count). The molecule has 1 atom stereocenters. The molecular formula is C24H23FN2O2S. The molecule has 0 aliphatic rings. The molecule has 0 aromatic heterocycles. The summed E-state index contributed by atoms with van der Waals surface area (Å²) in [4.78, 5) is 25.9. The fraction of sp³-hybridized carbons (Fsp3) is 0.167. The van der Waals surface area contributed by atoms with E-state index in [0.717, 1.165) is 10.5 Å². The van der Waals surface area contributed by atoms with Gasteiger partial charge in [-0.05, 0) is 66.8 Å². The van der Waals surface area contributed by atoms with E-state index in [1.165, 1.54) is 6.07 Å². The van der Waals surface area contributed by atoms with E-state index >= 15 is 0 Å². The number of rotatable bonds is 7. The van der Waals surface area contributed by atoms with Crippen LogP contribution in [0.15, 0.2) is 77.7 Å². The Kier molecular flexibility index (Phi) is 7.25. The molecule has 0 spiro atoms. The highest BCUT2D eigenvalue weighted by Crippen LogP contribution is 2.20. The topological polar surface area (TPSA) is 58.2 Å². The molecule has 0 aliphatic carbocycles. The number of hydrogen-bond acceptors (Lipinski definition) is 3. The van der Waals surface area contributed by atoms with Crippen molar-refractivity contribution in [1.82, 2.24) is 5.32 Å². The Hall–Kier alpha value is -3.12. The molecule has 0 bridgehead atoms. The zero-order chi connectivity index (χ0) is 21.5. The van der Waals surface area contributed by atoms with E-state index in [4.69, 9.17) is 0 Å². The van der Waals surface area contributed by atoms with E-state index in [1.807, 2.05) is 37.4 Å². The Morgan fingerprint density at radius 1 is 1.00 bits per heavy atom. The number of carbonyl (C=O) groups is 2. The lowest BCUT2D eigenvalue weighted by Gasteiger charge is -2.16. The molecule has 3 aromatic rings. The van der Waals surface area contributed by atoms with Gasteiger partial charge >= 0.3 is 0 Å². The lowest BCUT2D eigenvalue weighted by atomic mass is 10.1. The summed E-state index contributed by atoms with van der Waals surface area (Å²) in [7, 11) is 0. The van der Waals surface area contributed by atoms with Gasteiger partial charge in [0.15, 0.2) is 0 Å². The molecule has 154 valence electrons. The predicted molar refractivity (Wildman–Crippen MR) is 119 cm³/mol. The Morgan fingerprint density at radius 2 is 1.73 bits per heavy atom. The summed E-state index contributed by atoms with van der Waals surface area (Å²) in [5.74, 6) is -0.865. The number of halogens is 1. The minimum atomic E-state index is -0.400. The highest BCUT2D eigenvalue weighted by atomic mass is 32.2. The maximum absolute atomic E-state index is 13.7. The Morgan fingerprint density at radius 3 is 2.43 bits per heavy atom. The SMILES string of the molecule is CSc1ccc(C(=O)NC(C)c2cccc(NC(=O)Cc3ccccc3F)c2)cc1. The standard InChI is InChI=1S/C24H23FN2O2S/c1-16(26-24(29)17-10-12-21(30-2)13-11-17)18-7-5-8-20(14-18)27-23(28)15-19-6-3-4-9-22(19)25/h3-14,16H,15H2,1-2H3,(H,26,29)(H,27,28). The summed E-state index contributed by atoms with van der Waals surface area (Å²) in [6, 6.07) is 20.7. The molecule has 3 aromatic carbocycles. The summed E-state index contributed by atoms with van der Waals surface area (Å²) >= 11 is 1.62. The van der Waals surface area contributed by atoms with Crippen molar-refractivity contribution in [3.8, 4) is 0 Å². The first-order valence-electron chi connectivity index (χ1n) is 9.54. The van der Waals surface area contributed by atoms with E-state index in [9.17, 15) is 14.0 Å². The summed E-state index contributed by atoms with van der Waals surface area (Å²) in [5.41, 5.74) is 2.39. The van der Waals surface area contributed by atoms with Crippen molar-refractivity contribution in [1.29, 1.82) is 0 Å². The van der Waals surface area contributed by atoms with Gasteiger partial charge in [0.2, 0.25) is 5.91 Å². The smallest absolute Gasteiger partial charge is 0.251 e. The molecule has 2 amide bonds. The number of hydrogen-bond donors (Lipinski definition) is 2. The third-order valence-electron chi connectivity index (χ3n) is 4.68. The van der Waals surface area contributed by atoms with Crippen LogP contribution in [0.5, 0.6) is 0 Å².